The Bertz CT molecular complexity index is 693. The summed E-state index contributed by atoms with van der Waals surface area (Å²) in [6, 6.07) is 3.91. The van der Waals surface area contributed by atoms with Gasteiger partial charge in [-0.1, -0.05) is 11.8 Å². The first-order valence-corrected chi connectivity index (χ1v) is 8.27. The van der Waals surface area contributed by atoms with Crippen LogP contribution in [0, 0.1) is 0 Å². The largest absolute Gasteiger partial charge is 0.463 e. The summed E-state index contributed by atoms with van der Waals surface area (Å²) in [5.41, 5.74) is -1.01. The van der Waals surface area contributed by atoms with Crippen LogP contribution < -0.4 is 5.32 Å². The number of halogens is 3. The van der Waals surface area contributed by atoms with Crippen molar-refractivity contribution in [2.24, 2.45) is 0 Å². The molecule has 0 aromatic carbocycles. The molecule has 1 amide bonds. The minimum Gasteiger partial charge on any atom is -0.463 e. The Morgan fingerprint density at radius 1 is 1.40 bits per heavy atom. The number of hydrogen-bond donors (Lipinski definition) is 1. The summed E-state index contributed by atoms with van der Waals surface area (Å²) < 4.78 is 48.9. The zero-order valence-electron chi connectivity index (χ0n) is 13.3. The average molecular weight is 375 g/mol. The Balaban J connectivity index is 2.04. The molecule has 2 rings (SSSR count). The maximum Gasteiger partial charge on any atom is 0.433 e. The monoisotopic (exact) mass is 375 g/mol. The van der Waals surface area contributed by atoms with Crippen LogP contribution in [0.1, 0.15) is 12.1 Å². The fraction of sp³-hybridized carbons (Fsp3) is 0.400. The van der Waals surface area contributed by atoms with Gasteiger partial charge in [0.2, 0.25) is 5.91 Å². The molecule has 1 N–H and O–H groups in total. The lowest BCUT2D eigenvalue weighted by Crippen LogP contribution is -2.27. The maximum atomic E-state index is 13.0. The molecule has 2 aromatic rings. The molecule has 0 fully saturated rings. The topological polar surface area (TPSA) is 77.2 Å². The Morgan fingerprint density at radius 2 is 2.20 bits per heavy atom. The number of alkyl halides is 3. The lowest BCUT2D eigenvalue weighted by molar-refractivity contribution is -0.141. The summed E-state index contributed by atoms with van der Waals surface area (Å²) in [6.07, 6.45) is -3.12. The van der Waals surface area contributed by atoms with Gasteiger partial charge in [-0.2, -0.15) is 13.2 Å². The highest BCUT2D eigenvalue weighted by Crippen LogP contribution is 2.32. The summed E-state index contributed by atoms with van der Waals surface area (Å²) in [5, 5.41) is 2.56. The lowest BCUT2D eigenvalue weighted by Gasteiger charge is -2.09. The molecule has 6 nitrogen and oxygen atoms in total. The first kappa shape index (κ1) is 19.3. The van der Waals surface area contributed by atoms with Crippen LogP contribution in [0.2, 0.25) is 0 Å². The number of carbonyl (C=O) groups is 1. The van der Waals surface area contributed by atoms with Gasteiger partial charge in [-0.15, -0.1) is 0 Å². The number of furan rings is 1. The number of amides is 1. The van der Waals surface area contributed by atoms with Gasteiger partial charge in [0.25, 0.3) is 0 Å². The number of ether oxygens (including phenoxy) is 1. The Kier molecular flexibility index (Phi) is 6.82. The number of hydrogen-bond acceptors (Lipinski definition) is 6. The second-order valence-electron chi connectivity index (χ2n) is 4.84. The van der Waals surface area contributed by atoms with E-state index in [4.69, 9.17) is 9.15 Å². The van der Waals surface area contributed by atoms with Crippen LogP contribution in [-0.2, 0) is 15.7 Å². The number of nitrogens with zero attached hydrogens (tertiary/aromatic N) is 2. The average Bonchev–Trinajstić information content (AvgIpc) is 3.08. The number of methoxy groups -OCH3 is 1. The minimum absolute atomic E-state index is 0.0411. The standard InChI is InChI=1S/C15H16F3N3O3S/c1-23-7-5-19-13(22)4-8-25-14-20-10(11-3-2-6-24-11)9-12(21-14)15(16,17)18/h2-3,6,9H,4-5,7-8H2,1H3,(H,19,22). The number of carbonyl (C=O) groups excluding carboxylic acids is 1. The molecule has 136 valence electrons. The molecule has 2 heterocycles. The van der Waals surface area contributed by atoms with E-state index >= 15 is 0 Å². The van der Waals surface area contributed by atoms with E-state index in [0.29, 0.717) is 13.2 Å². The van der Waals surface area contributed by atoms with Crippen molar-refractivity contribution in [3.63, 3.8) is 0 Å². The summed E-state index contributed by atoms with van der Waals surface area (Å²) >= 11 is 0.974. The van der Waals surface area contributed by atoms with Crippen LogP contribution in [-0.4, -0.2) is 41.9 Å². The van der Waals surface area contributed by atoms with E-state index in [-0.39, 0.29) is 34.7 Å². The van der Waals surface area contributed by atoms with Crippen LogP contribution in [0.5, 0.6) is 0 Å². The molecule has 2 aromatic heterocycles. The van der Waals surface area contributed by atoms with Crippen molar-refractivity contribution < 1.29 is 27.1 Å². The first-order chi connectivity index (χ1) is 11.9. The fourth-order valence-electron chi connectivity index (χ4n) is 1.80. The van der Waals surface area contributed by atoms with Gasteiger partial charge in [-0.05, 0) is 18.2 Å². The molecule has 0 bridgehead atoms. The van der Waals surface area contributed by atoms with Gasteiger partial charge in [0.05, 0.1) is 12.9 Å². The molecule has 0 aliphatic carbocycles. The van der Waals surface area contributed by atoms with E-state index in [1.165, 1.54) is 19.4 Å². The van der Waals surface area contributed by atoms with E-state index in [1.807, 2.05) is 0 Å². The van der Waals surface area contributed by atoms with Crippen LogP contribution in [0.25, 0.3) is 11.5 Å². The molecule has 10 heteroatoms. The predicted molar refractivity (Wildman–Crippen MR) is 85.0 cm³/mol. The second-order valence-corrected chi connectivity index (χ2v) is 5.90. The smallest absolute Gasteiger partial charge is 0.433 e. The normalized spacial score (nSPS) is 11.5. The number of rotatable bonds is 8. The zero-order valence-corrected chi connectivity index (χ0v) is 14.1. The minimum atomic E-state index is -4.60. The lowest BCUT2D eigenvalue weighted by atomic mass is 10.2. The van der Waals surface area contributed by atoms with Gasteiger partial charge in [0, 0.05) is 25.8 Å². The quantitative estimate of drug-likeness (QED) is 0.434. The Labute approximate surface area is 146 Å². The molecular formula is C15H16F3N3O3S. The molecular weight excluding hydrogens is 359 g/mol. The van der Waals surface area contributed by atoms with Crippen LogP contribution >= 0.6 is 11.8 Å². The molecule has 25 heavy (non-hydrogen) atoms. The maximum absolute atomic E-state index is 13.0. The van der Waals surface area contributed by atoms with E-state index in [1.54, 1.807) is 6.07 Å². The fourth-order valence-corrected chi connectivity index (χ4v) is 2.60. The van der Waals surface area contributed by atoms with E-state index < -0.39 is 11.9 Å². The molecule has 0 aliphatic rings. The van der Waals surface area contributed by atoms with E-state index in [2.05, 4.69) is 15.3 Å². The van der Waals surface area contributed by atoms with Crippen molar-refractivity contribution in [3.05, 3.63) is 30.2 Å². The van der Waals surface area contributed by atoms with Crippen LogP contribution in [0.4, 0.5) is 13.2 Å². The molecule has 0 spiro atoms. The van der Waals surface area contributed by atoms with Gasteiger partial charge in [-0.3, -0.25) is 4.79 Å². The second kappa shape index (κ2) is 8.86. The van der Waals surface area contributed by atoms with Crippen molar-refractivity contribution in [2.75, 3.05) is 26.0 Å². The molecule has 0 unspecified atom stereocenters. The highest BCUT2D eigenvalue weighted by atomic mass is 32.2. The van der Waals surface area contributed by atoms with Crippen molar-refractivity contribution in [1.82, 2.24) is 15.3 Å². The predicted octanol–water partition coefficient (Wildman–Crippen LogP) is 3.00. The Hall–Kier alpha value is -2.07. The van der Waals surface area contributed by atoms with E-state index in [0.717, 1.165) is 17.8 Å². The molecule has 0 atom stereocenters. The van der Waals surface area contributed by atoms with Crippen molar-refractivity contribution in [2.45, 2.75) is 17.8 Å². The number of aromatic nitrogens is 2. The van der Waals surface area contributed by atoms with Gasteiger partial charge in [0.15, 0.2) is 10.9 Å². The summed E-state index contributed by atoms with van der Waals surface area (Å²) in [7, 11) is 1.52. The third-order valence-corrected chi connectivity index (χ3v) is 3.81. The summed E-state index contributed by atoms with van der Waals surface area (Å²) in [5.74, 6) is 0.243. The van der Waals surface area contributed by atoms with Gasteiger partial charge < -0.3 is 14.5 Å². The molecule has 0 aliphatic heterocycles. The SMILES string of the molecule is COCCNC(=O)CCSc1nc(-c2ccco2)cc(C(F)(F)F)n1. The summed E-state index contributed by atoms with van der Waals surface area (Å²) in [4.78, 5) is 19.2. The number of thioether (sulfide) groups is 1. The van der Waals surface area contributed by atoms with Crippen molar-refractivity contribution >= 4 is 17.7 Å². The van der Waals surface area contributed by atoms with Gasteiger partial charge in [0.1, 0.15) is 11.4 Å². The first-order valence-electron chi connectivity index (χ1n) is 7.28. The van der Waals surface area contributed by atoms with Crippen LogP contribution in [0.3, 0.4) is 0 Å². The highest BCUT2D eigenvalue weighted by molar-refractivity contribution is 7.99. The van der Waals surface area contributed by atoms with Crippen molar-refractivity contribution in [1.29, 1.82) is 0 Å². The molecule has 0 saturated carbocycles. The van der Waals surface area contributed by atoms with Gasteiger partial charge in [-0.25, -0.2) is 9.97 Å². The van der Waals surface area contributed by atoms with E-state index in [9.17, 15) is 18.0 Å². The Morgan fingerprint density at radius 3 is 2.84 bits per heavy atom. The zero-order chi connectivity index (χ0) is 18.3. The third kappa shape index (κ3) is 6.05. The third-order valence-electron chi connectivity index (χ3n) is 2.96. The highest BCUT2D eigenvalue weighted by Gasteiger charge is 2.34. The van der Waals surface area contributed by atoms with Crippen molar-refractivity contribution in [3.8, 4) is 11.5 Å². The van der Waals surface area contributed by atoms with Crippen LogP contribution in [0.15, 0.2) is 34.0 Å². The van der Waals surface area contributed by atoms with Gasteiger partial charge >= 0.3 is 6.18 Å². The summed E-state index contributed by atoms with van der Waals surface area (Å²) in [6.45, 7) is 0.769. The number of nitrogens with one attached hydrogen (secondary N) is 1. The molecule has 0 saturated heterocycles. The molecule has 0 radical (unpaired) electrons.